The third-order valence-corrected chi connectivity index (χ3v) is 5.51. The maximum atomic E-state index is 12.5. The van der Waals surface area contributed by atoms with E-state index in [0.717, 1.165) is 27.1 Å². The number of carbonyl (C=O) groups is 1. The van der Waals surface area contributed by atoms with E-state index in [-0.39, 0.29) is 5.91 Å². The van der Waals surface area contributed by atoms with Gasteiger partial charge >= 0.3 is 0 Å². The predicted molar refractivity (Wildman–Crippen MR) is 116 cm³/mol. The second kappa shape index (κ2) is 8.38. The fraction of sp³-hybridized carbons (Fsp3) is 0.0435. The van der Waals surface area contributed by atoms with Crippen molar-refractivity contribution in [2.45, 2.75) is 6.54 Å². The minimum absolute atomic E-state index is 0.112. The van der Waals surface area contributed by atoms with Crippen molar-refractivity contribution in [1.29, 1.82) is 0 Å². The molecular weight excluding hydrogens is 388 g/mol. The van der Waals surface area contributed by atoms with Crippen LogP contribution in [0.4, 0.5) is 0 Å². The number of nitrogens with one attached hydrogen (secondary N) is 1. The number of carbonyl (C=O) groups excluding carboxylic acids is 1. The Morgan fingerprint density at radius 1 is 0.929 bits per heavy atom. The van der Waals surface area contributed by atoms with Crippen molar-refractivity contribution in [3.8, 4) is 21.6 Å². The molecule has 5 heteroatoms. The Hall–Kier alpha value is -2.95. The first-order valence-corrected chi connectivity index (χ1v) is 10.1. The Labute approximate surface area is 172 Å². The van der Waals surface area contributed by atoms with E-state index in [1.807, 2.05) is 66.2 Å². The zero-order valence-corrected chi connectivity index (χ0v) is 16.5. The summed E-state index contributed by atoms with van der Waals surface area (Å²) in [4.78, 5) is 17.9. The number of rotatable bonds is 5. The third kappa shape index (κ3) is 4.30. The lowest BCUT2D eigenvalue weighted by Gasteiger charge is -2.08. The van der Waals surface area contributed by atoms with Gasteiger partial charge in [-0.2, -0.15) is 0 Å². The van der Waals surface area contributed by atoms with Crippen LogP contribution in [0.25, 0.3) is 21.6 Å². The Bertz CT molecular complexity index is 1090. The molecule has 2 aromatic carbocycles. The molecule has 0 saturated carbocycles. The summed E-state index contributed by atoms with van der Waals surface area (Å²) in [5.74, 6) is -0.112. The molecule has 0 aliphatic carbocycles. The maximum absolute atomic E-state index is 12.5. The summed E-state index contributed by atoms with van der Waals surface area (Å²) < 4.78 is 0. The first-order valence-electron chi connectivity index (χ1n) is 8.81. The monoisotopic (exact) mass is 404 g/mol. The van der Waals surface area contributed by atoms with Crippen LogP contribution in [0.1, 0.15) is 15.9 Å². The number of hydrogen-bond acceptors (Lipinski definition) is 3. The number of aromatic nitrogens is 1. The van der Waals surface area contributed by atoms with Crippen molar-refractivity contribution in [2.75, 3.05) is 0 Å². The highest BCUT2D eigenvalue weighted by atomic mass is 35.5. The average molecular weight is 405 g/mol. The molecule has 0 fully saturated rings. The van der Waals surface area contributed by atoms with Crippen molar-refractivity contribution >= 4 is 28.8 Å². The van der Waals surface area contributed by atoms with E-state index in [9.17, 15) is 4.79 Å². The van der Waals surface area contributed by atoms with Crippen LogP contribution in [0.3, 0.4) is 0 Å². The first kappa shape index (κ1) is 18.4. The number of amides is 1. The molecule has 4 rings (SSSR count). The van der Waals surface area contributed by atoms with Crippen molar-refractivity contribution in [2.24, 2.45) is 0 Å². The molecular formula is C23H17ClN2OS. The minimum atomic E-state index is -0.112. The summed E-state index contributed by atoms with van der Waals surface area (Å²) in [5.41, 5.74) is 4.69. The van der Waals surface area contributed by atoms with Gasteiger partial charge in [0.15, 0.2) is 0 Å². The lowest BCUT2D eigenvalue weighted by atomic mass is 10.0. The van der Waals surface area contributed by atoms with Crippen LogP contribution in [-0.2, 0) is 6.54 Å². The van der Waals surface area contributed by atoms with Gasteiger partial charge in [0, 0.05) is 40.0 Å². The second-order valence-corrected chi connectivity index (χ2v) is 7.71. The van der Waals surface area contributed by atoms with Crippen LogP contribution in [0, 0.1) is 0 Å². The van der Waals surface area contributed by atoms with E-state index in [1.54, 1.807) is 17.5 Å². The molecule has 0 aliphatic rings. The topological polar surface area (TPSA) is 42.0 Å². The number of benzene rings is 2. The van der Waals surface area contributed by atoms with Crippen LogP contribution >= 0.6 is 22.9 Å². The van der Waals surface area contributed by atoms with Gasteiger partial charge in [0.25, 0.3) is 5.91 Å². The maximum Gasteiger partial charge on any atom is 0.251 e. The SMILES string of the molecule is O=C(NCc1cncc(-c2cccs2)c1)c1ccc(-c2cccc(Cl)c2)cc1. The van der Waals surface area contributed by atoms with Gasteiger partial charge in [-0.05, 0) is 58.5 Å². The molecule has 2 heterocycles. The molecule has 1 N–H and O–H groups in total. The molecule has 0 bridgehead atoms. The molecule has 0 spiro atoms. The van der Waals surface area contributed by atoms with Gasteiger partial charge in [0.05, 0.1) is 0 Å². The van der Waals surface area contributed by atoms with E-state index in [0.29, 0.717) is 17.1 Å². The Morgan fingerprint density at radius 3 is 2.54 bits per heavy atom. The minimum Gasteiger partial charge on any atom is -0.348 e. The lowest BCUT2D eigenvalue weighted by molar-refractivity contribution is 0.0951. The van der Waals surface area contributed by atoms with Crippen molar-refractivity contribution in [1.82, 2.24) is 10.3 Å². The summed E-state index contributed by atoms with van der Waals surface area (Å²) >= 11 is 7.72. The Balaban J connectivity index is 1.42. The Morgan fingerprint density at radius 2 is 1.79 bits per heavy atom. The van der Waals surface area contributed by atoms with Gasteiger partial charge in [-0.15, -0.1) is 11.3 Å². The van der Waals surface area contributed by atoms with Crippen molar-refractivity contribution in [3.05, 3.63) is 101 Å². The predicted octanol–water partition coefficient (Wildman–Crippen LogP) is 6.06. The molecule has 138 valence electrons. The standard InChI is InChI=1S/C23H17ClN2OS/c24-21-4-1-3-19(12-21)17-6-8-18(9-7-17)23(27)26-14-16-11-20(15-25-13-16)22-5-2-10-28-22/h1-13,15H,14H2,(H,26,27). The summed E-state index contributed by atoms with van der Waals surface area (Å²) in [6.45, 7) is 0.432. The zero-order valence-electron chi connectivity index (χ0n) is 14.9. The second-order valence-electron chi connectivity index (χ2n) is 6.33. The fourth-order valence-electron chi connectivity index (χ4n) is 2.93. The van der Waals surface area contributed by atoms with Crippen LogP contribution in [0.5, 0.6) is 0 Å². The first-order chi connectivity index (χ1) is 13.7. The summed E-state index contributed by atoms with van der Waals surface area (Å²) in [6.07, 6.45) is 3.62. The van der Waals surface area contributed by atoms with Gasteiger partial charge in [-0.1, -0.05) is 41.9 Å². The number of halogens is 1. The fourth-order valence-corrected chi connectivity index (χ4v) is 3.83. The molecule has 2 aromatic heterocycles. The van der Waals surface area contributed by atoms with E-state index >= 15 is 0 Å². The lowest BCUT2D eigenvalue weighted by Crippen LogP contribution is -2.22. The molecule has 28 heavy (non-hydrogen) atoms. The molecule has 3 nitrogen and oxygen atoms in total. The van der Waals surface area contributed by atoms with Crippen molar-refractivity contribution < 1.29 is 4.79 Å². The number of pyridine rings is 1. The van der Waals surface area contributed by atoms with Crippen LogP contribution in [-0.4, -0.2) is 10.9 Å². The highest BCUT2D eigenvalue weighted by molar-refractivity contribution is 7.13. The van der Waals surface area contributed by atoms with Crippen molar-refractivity contribution in [3.63, 3.8) is 0 Å². The van der Waals surface area contributed by atoms with E-state index in [4.69, 9.17) is 11.6 Å². The van der Waals surface area contributed by atoms with E-state index < -0.39 is 0 Å². The molecule has 0 unspecified atom stereocenters. The van der Waals surface area contributed by atoms with Gasteiger partial charge < -0.3 is 5.32 Å². The van der Waals surface area contributed by atoms with Gasteiger partial charge in [-0.25, -0.2) is 0 Å². The normalized spacial score (nSPS) is 10.6. The number of hydrogen-bond donors (Lipinski definition) is 1. The summed E-state index contributed by atoms with van der Waals surface area (Å²) in [7, 11) is 0. The van der Waals surface area contributed by atoms with Crippen LogP contribution in [0.15, 0.2) is 84.5 Å². The van der Waals surface area contributed by atoms with Gasteiger partial charge in [0.2, 0.25) is 0 Å². The zero-order chi connectivity index (χ0) is 19.3. The number of nitrogens with zero attached hydrogens (tertiary/aromatic N) is 1. The molecule has 0 aliphatic heterocycles. The van der Waals surface area contributed by atoms with Gasteiger partial charge in [-0.3, -0.25) is 9.78 Å². The molecule has 1 amide bonds. The summed E-state index contributed by atoms with van der Waals surface area (Å²) in [5, 5.41) is 5.69. The highest BCUT2D eigenvalue weighted by Crippen LogP contribution is 2.25. The molecule has 0 saturated heterocycles. The molecule has 4 aromatic rings. The highest BCUT2D eigenvalue weighted by Gasteiger charge is 2.07. The average Bonchev–Trinajstić information content (AvgIpc) is 3.27. The number of thiophene rings is 1. The van der Waals surface area contributed by atoms with E-state index in [1.165, 1.54) is 0 Å². The van der Waals surface area contributed by atoms with Crippen LogP contribution in [0.2, 0.25) is 5.02 Å². The Kier molecular flexibility index (Phi) is 5.51. The third-order valence-electron chi connectivity index (χ3n) is 4.36. The van der Waals surface area contributed by atoms with Gasteiger partial charge in [0.1, 0.15) is 0 Å². The molecule has 0 radical (unpaired) electrons. The van der Waals surface area contributed by atoms with Crippen LogP contribution < -0.4 is 5.32 Å². The molecule has 0 atom stereocenters. The van der Waals surface area contributed by atoms with E-state index in [2.05, 4.69) is 22.4 Å². The smallest absolute Gasteiger partial charge is 0.251 e. The summed E-state index contributed by atoms with van der Waals surface area (Å²) in [6, 6.07) is 21.3. The largest absolute Gasteiger partial charge is 0.348 e. The quantitative estimate of drug-likeness (QED) is 0.439.